The van der Waals surface area contributed by atoms with Crippen LogP contribution in [0.4, 0.5) is 4.39 Å². The van der Waals surface area contributed by atoms with E-state index in [0.717, 1.165) is 6.26 Å². The zero-order valence-electron chi connectivity index (χ0n) is 6.79. The van der Waals surface area contributed by atoms with Crippen molar-refractivity contribution in [2.24, 2.45) is 0 Å². The molecule has 1 aliphatic heterocycles. The molecule has 0 spiro atoms. The van der Waals surface area contributed by atoms with Crippen LogP contribution in [0.1, 0.15) is 6.42 Å². The Hall–Kier alpha value is -0.200. The average Bonchev–Trinajstić information content (AvgIpc) is 2.30. The number of alkyl halides is 1. The predicted octanol–water partition coefficient (Wildman–Crippen LogP) is -0.337. The average molecular weight is 197 g/mol. The van der Waals surface area contributed by atoms with Crippen LogP contribution in [0.5, 0.6) is 0 Å². The van der Waals surface area contributed by atoms with E-state index in [0.29, 0.717) is 6.42 Å². The lowest BCUT2D eigenvalue weighted by molar-refractivity contribution is 0.274. The predicted molar refractivity (Wildman–Crippen MR) is 42.1 cm³/mol. The summed E-state index contributed by atoms with van der Waals surface area (Å²) in [4.78, 5) is 0. The maximum atomic E-state index is 12.5. The molecule has 0 aromatic rings. The van der Waals surface area contributed by atoms with Crippen LogP contribution in [-0.4, -0.2) is 40.0 Å². The van der Waals surface area contributed by atoms with E-state index < -0.39 is 16.3 Å². The molecule has 0 aromatic heterocycles. The molecule has 0 unspecified atom stereocenters. The molecule has 4 nitrogen and oxygen atoms in total. The number of halogens is 1. The summed E-state index contributed by atoms with van der Waals surface area (Å²) in [5.74, 6) is 0. The van der Waals surface area contributed by atoms with Gasteiger partial charge in [-0.3, -0.25) is 4.18 Å². The number of rotatable bonds is 3. The lowest BCUT2D eigenvalue weighted by atomic mass is 10.2. The van der Waals surface area contributed by atoms with Crippen LogP contribution in [-0.2, 0) is 14.3 Å². The Morgan fingerprint density at radius 1 is 1.67 bits per heavy atom. The van der Waals surface area contributed by atoms with Gasteiger partial charge in [-0.15, -0.1) is 0 Å². The first-order valence-electron chi connectivity index (χ1n) is 3.69. The Kier molecular flexibility index (Phi) is 3.03. The molecule has 0 saturated carbocycles. The van der Waals surface area contributed by atoms with Crippen molar-refractivity contribution < 1.29 is 17.0 Å². The van der Waals surface area contributed by atoms with Crippen molar-refractivity contribution in [1.29, 1.82) is 0 Å². The summed E-state index contributed by atoms with van der Waals surface area (Å²) in [6, 6.07) is -0.172. The van der Waals surface area contributed by atoms with Gasteiger partial charge < -0.3 is 5.32 Å². The van der Waals surface area contributed by atoms with Gasteiger partial charge in [-0.2, -0.15) is 8.42 Å². The lowest BCUT2D eigenvalue weighted by Crippen LogP contribution is -2.27. The smallest absolute Gasteiger partial charge is 0.264 e. The van der Waals surface area contributed by atoms with E-state index in [1.807, 2.05) is 0 Å². The van der Waals surface area contributed by atoms with Gasteiger partial charge in [0.1, 0.15) is 6.17 Å². The van der Waals surface area contributed by atoms with Crippen molar-refractivity contribution in [2.75, 3.05) is 19.4 Å². The Morgan fingerprint density at radius 3 is 2.75 bits per heavy atom. The van der Waals surface area contributed by atoms with Crippen LogP contribution < -0.4 is 5.32 Å². The van der Waals surface area contributed by atoms with Crippen LogP contribution >= 0.6 is 0 Å². The van der Waals surface area contributed by atoms with E-state index in [1.54, 1.807) is 0 Å². The summed E-state index contributed by atoms with van der Waals surface area (Å²) < 4.78 is 38.1. The molecular weight excluding hydrogens is 185 g/mol. The van der Waals surface area contributed by atoms with Gasteiger partial charge in [-0.1, -0.05) is 0 Å². The third kappa shape index (κ3) is 3.46. The normalized spacial score (nSPS) is 30.8. The summed E-state index contributed by atoms with van der Waals surface area (Å²) in [7, 11) is -3.39. The van der Waals surface area contributed by atoms with Gasteiger partial charge in [0, 0.05) is 12.6 Å². The molecule has 0 amide bonds. The topological polar surface area (TPSA) is 55.4 Å². The van der Waals surface area contributed by atoms with Crippen LogP contribution in [0.3, 0.4) is 0 Å². The largest absolute Gasteiger partial charge is 0.309 e. The van der Waals surface area contributed by atoms with Crippen molar-refractivity contribution in [3.8, 4) is 0 Å². The highest BCUT2D eigenvalue weighted by atomic mass is 32.2. The standard InChI is InChI=1S/C6H12FNO3S/c1-12(9,10)11-4-6-2-5(7)3-8-6/h5-6,8H,2-4H2,1H3/t5-,6-/m0/s1. The fourth-order valence-corrected chi connectivity index (χ4v) is 1.51. The Bertz CT molecular complexity index is 241. The molecule has 72 valence electrons. The zero-order chi connectivity index (χ0) is 9.19. The zero-order valence-corrected chi connectivity index (χ0v) is 7.60. The summed E-state index contributed by atoms with van der Waals surface area (Å²) in [5.41, 5.74) is 0. The molecule has 6 heteroatoms. The van der Waals surface area contributed by atoms with Gasteiger partial charge in [0.25, 0.3) is 10.1 Å². The van der Waals surface area contributed by atoms with Crippen molar-refractivity contribution >= 4 is 10.1 Å². The quantitative estimate of drug-likeness (QED) is 0.629. The fraction of sp³-hybridized carbons (Fsp3) is 1.00. The molecule has 1 fully saturated rings. The molecule has 2 atom stereocenters. The minimum absolute atomic E-state index is 0.0270. The van der Waals surface area contributed by atoms with Gasteiger partial charge in [0.15, 0.2) is 0 Å². The van der Waals surface area contributed by atoms with Crippen molar-refractivity contribution in [2.45, 2.75) is 18.6 Å². The second-order valence-corrected chi connectivity index (χ2v) is 4.57. The number of hydrogen-bond donors (Lipinski definition) is 1. The van der Waals surface area contributed by atoms with Crippen LogP contribution in [0.15, 0.2) is 0 Å². The van der Waals surface area contributed by atoms with E-state index >= 15 is 0 Å². The molecule has 0 bridgehead atoms. The van der Waals surface area contributed by atoms with E-state index in [-0.39, 0.29) is 19.2 Å². The minimum atomic E-state index is -3.39. The highest BCUT2D eigenvalue weighted by molar-refractivity contribution is 7.85. The SMILES string of the molecule is CS(=O)(=O)OC[C@@H]1C[C@H](F)CN1. The van der Waals surface area contributed by atoms with E-state index in [1.165, 1.54) is 0 Å². The summed E-state index contributed by atoms with van der Waals surface area (Å²) >= 11 is 0. The molecule has 1 aliphatic rings. The monoisotopic (exact) mass is 197 g/mol. The number of hydrogen-bond acceptors (Lipinski definition) is 4. The molecule has 0 radical (unpaired) electrons. The summed E-state index contributed by atoms with van der Waals surface area (Å²) in [5, 5.41) is 2.81. The first-order chi connectivity index (χ1) is 5.47. The molecule has 1 heterocycles. The first kappa shape index (κ1) is 9.88. The van der Waals surface area contributed by atoms with Crippen molar-refractivity contribution in [1.82, 2.24) is 5.32 Å². The van der Waals surface area contributed by atoms with Crippen molar-refractivity contribution in [3.63, 3.8) is 0 Å². The van der Waals surface area contributed by atoms with E-state index in [9.17, 15) is 12.8 Å². The van der Waals surface area contributed by atoms with Crippen LogP contribution in [0, 0.1) is 0 Å². The summed E-state index contributed by atoms with van der Waals surface area (Å²) in [6.07, 6.45) is 0.433. The summed E-state index contributed by atoms with van der Waals surface area (Å²) in [6.45, 7) is 0.317. The fourth-order valence-electron chi connectivity index (χ4n) is 1.10. The Labute approximate surface area is 71.2 Å². The Balaban J connectivity index is 2.25. The Morgan fingerprint density at radius 2 is 2.33 bits per heavy atom. The van der Waals surface area contributed by atoms with Gasteiger partial charge in [-0.05, 0) is 6.42 Å². The minimum Gasteiger partial charge on any atom is -0.309 e. The molecule has 1 N–H and O–H groups in total. The highest BCUT2D eigenvalue weighted by Gasteiger charge is 2.24. The number of nitrogens with one attached hydrogen (secondary N) is 1. The molecular formula is C6H12FNO3S. The molecule has 0 aliphatic carbocycles. The second-order valence-electron chi connectivity index (χ2n) is 2.93. The molecule has 0 aromatic carbocycles. The third-order valence-corrected chi connectivity index (χ3v) is 2.22. The first-order valence-corrected chi connectivity index (χ1v) is 5.51. The van der Waals surface area contributed by atoms with E-state index in [2.05, 4.69) is 9.50 Å². The maximum absolute atomic E-state index is 12.5. The van der Waals surface area contributed by atoms with Gasteiger partial charge in [0.05, 0.1) is 12.9 Å². The molecule has 12 heavy (non-hydrogen) atoms. The highest BCUT2D eigenvalue weighted by Crippen LogP contribution is 2.10. The van der Waals surface area contributed by atoms with Gasteiger partial charge in [-0.25, -0.2) is 4.39 Å². The third-order valence-electron chi connectivity index (χ3n) is 1.65. The van der Waals surface area contributed by atoms with Gasteiger partial charge in [0.2, 0.25) is 0 Å². The van der Waals surface area contributed by atoms with Crippen LogP contribution in [0.2, 0.25) is 0 Å². The lowest BCUT2D eigenvalue weighted by Gasteiger charge is -2.07. The molecule has 1 rings (SSSR count). The molecule has 1 saturated heterocycles. The van der Waals surface area contributed by atoms with Gasteiger partial charge >= 0.3 is 0 Å². The second kappa shape index (κ2) is 3.68. The van der Waals surface area contributed by atoms with E-state index in [4.69, 9.17) is 0 Å². The van der Waals surface area contributed by atoms with Crippen molar-refractivity contribution in [3.05, 3.63) is 0 Å². The maximum Gasteiger partial charge on any atom is 0.264 e. The van der Waals surface area contributed by atoms with Crippen LogP contribution in [0.25, 0.3) is 0 Å².